The molecule has 0 radical (unpaired) electrons. The lowest BCUT2D eigenvalue weighted by Gasteiger charge is -2.47. The fourth-order valence-electron chi connectivity index (χ4n) is 6.22. The molecule has 2 nitrogen and oxygen atoms in total. The molecule has 0 aromatic heterocycles. The fourth-order valence-corrected chi connectivity index (χ4v) is 10.3. The van der Waals surface area contributed by atoms with Crippen molar-refractivity contribution in [2.75, 3.05) is 6.61 Å². The van der Waals surface area contributed by atoms with Gasteiger partial charge >= 0.3 is 0 Å². The van der Waals surface area contributed by atoms with Crippen LogP contribution >= 0.6 is 7.14 Å². The maximum Gasteiger partial charge on any atom is 0.174 e. The molecule has 1 saturated heterocycles. The summed E-state index contributed by atoms with van der Waals surface area (Å²) in [4.78, 5) is 0. The third-order valence-corrected chi connectivity index (χ3v) is 11.8. The number of ether oxygens (including phenoxy) is 1. The van der Waals surface area contributed by atoms with Crippen LogP contribution in [0.3, 0.4) is 0 Å². The Kier molecular flexibility index (Phi) is 3.09. The van der Waals surface area contributed by atoms with Crippen molar-refractivity contribution >= 4 is 17.8 Å². The van der Waals surface area contributed by atoms with Crippen molar-refractivity contribution in [2.24, 2.45) is 16.7 Å². The van der Waals surface area contributed by atoms with Crippen LogP contribution in [0.15, 0.2) is 60.7 Å². The summed E-state index contributed by atoms with van der Waals surface area (Å²) in [6.45, 7) is 5.48. The van der Waals surface area contributed by atoms with E-state index >= 15 is 4.57 Å². The molecule has 3 heteroatoms. The highest BCUT2D eigenvalue weighted by molar-refractivity contribution is 7.80. The molecule has 2 aliphatic carbocycles. The Bertz CT molecular complexity index is 821. The minimum Gasteiger partial charge on any atom is -0.365 e. The van der Waals surface area contributed by atoms with Gasteiger partial charge in [0.1, 0.15) is 5.34 Å². The Morgan fingerprint density at radius 1 is 0.960 bits per heavy atom. The third-order valence-electron chi connectivity index (χ3n) is 7.90. The SMILES string of the molecule is C[C@@]12CC[C@H]3C[C@]1(P(=O)(c1ccccc1)c1ccccc1)OC[C@@]32C. The minimum absolute atomic E-state index is 0.0219. The summed E-state index contributed by atoms with van der Waals surface area (Å²) >= 11 is 0. The second-order valence-electron chi connectivity index (χ2n) is 8.54. The van der Waals surface area contributed by atoms with E-state index in [-0.39, 0.29) is 10.8 Å². The quantitative estimate of drug-likeness (QED) is 0.758. The largest absolute Gasteiger partial charge is 0.365 e. The first-order valence-electron chi connectivity index (χ1n) is 9.33. The second kappa shape index (κ2) is 4.87. The molecule has 4 atom stereocenters. The molecule has 0 unspecified atom stereocenters. The van der Waals surface area contributed by atoms with E-state index in [9.17, 15) is 0 Å². The average Bonchev–Trinajstić information content (AvgIpc) is 3.14. The van der Waals surface area contributed by atoms with E-state index in [0.717, 1.165) is 30.1 Å². The van der Waals surface area contributed by atoms with Crippen LogP contribution in [0.2, 0.25) is 0 Å². The van der Waals surface area contributed by atoms with Gasteiger partial charge in [0.15, 0.2) is 7.14 Å². The first kappa shape index (κ1) is 15.9. The Balaban J connectivity index is 1.81. The number of benzene rings is 2. The molecule has 3 aliphatic rings. The molecule has 2 aromatic rings. The maximum absolute atomic E-state index is 15.0. The van der Waals surface area contributed by atoms with Crippen molar-refractivity contribution in [3.8, 4) is 0 Å². The van der Waals surface area contributed by atoms with E-state index in [1.807, 2.05) is 60.7 Å². The van der Waals surface area contributed by atoms with Crippen LogP contribution in [-0.4, -0.2) is 11.9 Å². The molecule has 1 heterocycles. The zero-order valence-corrected chi connectivity index (χ0v) is 15.8. The van der Waals surface area contributed by atoms with Gasteiger partial charge in [-0.3, -0.25) is 0 Å². The van der Waals surface area contributed by atoms with E-state index in [2.05, 4.69) is 13.8 Å². The topological polar surface area (TPSA) is 26.3 Å². The molecule has 2 saturated carbocycles. The van der Waals surface area contributed by atoms with E-state index in [1.165, 1.54) is 6.42 Å². The zero-order valence-electron chi connectivity index (χ0n) is 14.9. The van der Waals surface area contributed by atoms with E-state index in [4.69, 9.17) is 4.74 Å². The standard InChI is InChI=1S/C22H25O2P/c1-20-16-24-22(15-17(20)13-14-21(20,22)2)25(23,18-9-5-3-6-10-18)19-11-7-4-8-12-19/h3-12,17H,13-16H2,1-2H3/t17-,20-,21-,22+/m0/s1. The van der Waals surface area contributed by atoms with Crippen LogP contribution in [0.25, 0.3) is 0 Å². The summed E-state index contributed by atoms with van der Waals surface area (Å²) in [6, 6.07) is 20.2. The van der Waals surface area contributed by atoms with Crippen LogP contribution in [-0.2, 0) is 9.30 Å². The number of rotatable bonds is 3. The monoisotopic (exact) mass is 352 g/mol. The Morgan fingerprint density at radius 3 is 2.00 bits per heavy atom. The van der Waals surface area contributed by atoms with Gasteiger partial charge in [0.2, 0.25) is 0 Å². The predicted molar refractivity (Wildman–Crippen MR) is 102 cm³/mol. The highest BCUT2D eigenvalue weighted by atomic mass is 31.2. The van der Waals surface area contributed by atoms with Crippen LogP contribution in [0, 0.1) is 16.7 Å². The van der Waals surface area contributed by atoms with E-state index in [1.54, 1.807) is 0 Å². The zero-order chi connectivity index (χ0) is 17.3. The molecule has 130 valence electrons. The molecule has 1 aliphatic heterocycles. The molecule has 4 bridgehead atoms. The summed E-state index contributed by atoms with van der Waals surface area (Å²) in [5.74, 6) is 0.631. The molecule has 3 fully saturated rings. The van der Waals surface area contributed by atoms with Crippen LogP contribution < -0.4 is 10.6 Å². The molecule has 0 amide bonds. The highest BCUT2D eigenvalue weighted by Crippen LogP contribution is 2.84. The van der Waals surface area contributed by atoms with Gasteiger partial charge < -0.3 is 9.30 Å². The molecule has 0 N–H and O–H groups in total. The van der Waals surface area contributed by atoms with Crippen LogP contribution in [0.5, 0.6) is 0 Å². The summed E-state index contributed by atoms with van der Waals surface area (Å²) in [5, 5.41) is 1.33. The van der Waals surface area contributed by atoms with E-state index < -0.39 is 12.5 Å². The van der Waals surface area contributed by atoms with Crippen molar-refractivity contribution < 1.29 is 9.30 Å². The summed E-state index contributed by atoms with van der Waals surface area (Å²) < 4.78 is 21.6. The van der Waals surface area contributed by atoms with Gasteiger partial charge in [-0.1, -0.05) is 74.5 Å². The normalized spacial score (nSPS) is 39.0. The van der Waals surface area contributed by atoms with Crippen LogP contribution in [0.4, 0.5) is 0 Å². The van der Waals surface area contributed by atoms with Crippen LogP contribution in [0.1, 0.15) is 33.1 Å². The van der Waals surface area contributed by atoms with Gasteiger partial charge in [-0.25, -0.2) is 0 Å². The molecule has 5 rings (SSSR count). The first-order valence-corrected chi connectivity index (χ1v) is 11.0. The Hall–Kier alpha value is -1.37. The first-order chi connectivity index (χ1) is 12.0. The fraction of sp³-hybridized carbons (Fsp3) is 0.455. The molecular weight excluding hydrogens is 327 g/mol. The number of hydrogen-bond acceptors (Lipinski definition) is 2. The lowest BCUT2D eigenvalue weighted by Crippen LogP contribution is -2.48. The lowest BCUT2D eigenvalue weighted by molar-refractivity contribution is -0.0223. The van der Waals surface area contributed by atoms with Crippen molar-refractivity contribution in [3.63, 3.8) is 0 Å². The summed E-state index contributed by atoms with van der Waals surface area (Å²) in [5.41, 5.74) is 0.137. The Morgan fingerprint density at radius 2 is 1.52 bits per heavy atom. The lowest BCUT2D eigenvalue weighted by atomic mass is 9.71. The smallest absolute Gasteiger partial charge is 0.174 e. The molecule has 25 heavy (non-hydrogen) atoms. The molecular formula is C22H25O2P. The predicted octanol–water partition coefficient (Wildman–Crippen LogP) is 4.55. The van der Waals surface area contributed by atoms with Gasteiger partial charge in [0, 0.05) is 21.4 Å². The van der Waals surface area contributed by atoms with Crippen molar-refractivity contribution in [1.82, 2.24) is 0 Å². The van der Waals surface area contributed by atoms with Gasteiger partial charge in [-0.2, -0.15) is 0 Å². The van der Waals surface area contributed by atoms with Gasteiger partial charge in [-0.05, 0) is 25.2 Å². The number of hydrogen-bond donors (Lipinski definition) is 0. The summed E-state index contributed by atoms with van der Waals surface area (Å²) in [7, 11) is -2.93. The van der Waals surface area contributed by atoms with Gasteiger partial charge in [0.25, 0.3) is 0 Å². The maximum atomic E-state index is 15.0. The van der Waals surface area contributed by atoms with Gasteiger partial charge in [0.05, 0.1) is 6.61 Å². The van der Waals surface area contributed by atoms with Crippen molar-refractivity contribution in [2.45, 2.75) is 38.5 Å². The molecule has 2 aromatic carbocycles. The Labute approximate surface area is 150 Å². The van der Waals surface area contributed by atoms with Crippen molar-refractivity contribution in [1.29, 1.82) is 0 Å². The highest BCUT2D eigenvalue weighted by Gasteiger charge is 2.80. The third kappa shape index (κ3) is 1.60. The average molecular weight is 352 g/mol. The van der Waals surface area contributed by atoms with Gasteiger partial charge in [-0.15, -0.1) is 0 Å². The van der Waals surface area contributed by atoms with Crippen molar-refractivity contribution in [3.05, 3.63) is 60.7 Å². The second-order valence-corrected chi connectivity index (χ2v) is 11.5. The summed E-state index contributed by atoms with van der Waals surface area (Å²) in [6.07, 6.45) is 3.31. The minimum atomic E-state index is -2.93. The van der Waals surface area contributed by atoms with E-state index in [0.29, 0.717) is 5.92 Å². The molecule has 0 spiro atoms.